The van der Waals surface area contributed by atoms with E-state index in [0.717, 1.165) is 25.8 Å². The number of halogens is 3. The first-order chi connectivity index (χ1) is 6.90. The van der Waals surface area contributed by atoms with Crippen molar-refractivity contribution in [3.05, 3.63) is 0 Å². The third-order valence-corrected chi connectivity index (χ3v) is 2.95. The van der Waals surface area contributed by atoms with E-state index in [1.807, 2.05) is 11.8 Å². The van der Waals surface area contributed by atoms with Gasteiger partial charge in [0.2, 0.25) is 0 Å². The Morgan fingerprint density at radius 1 is 1.40 bits per heavy atom. The Kier molecular flexibility index (Phi) is 4.40. The quantitative estimate of drug-likeness (QED) is 0.795. The highest BCUT2D eigenvalue weighted by Crippen LogP contribution is 2.24. The maximum absolute atomic E-state index is 12.1. The minimum absolute atomic E-state index is 0.0430. The summed E-state index contributed by atoms with van der Waals surface area (Å²) < 4.78 is 36.2. The number of nitrogens with two attached hydrogens (primary N) is 1. The summed E-state index contributed by atoms with van der Waals surface area (Å²) in [5.41, 5.74) is 5.77. The number of nitrogens with zero attached hydrogens (tertiary/aromatic N) is 1. The van der Waals surface area contributed by atoms with Gasteiger partial charge in [0.1, 0.15) is 0 Å². The minimum Gasteiger partial charge on any atom is -0.327 e. The van der Waals surface area contributed by atoms with E-state index in [-0.39, 0.29) is 18.6 Å². The monoisotopic (exact) mass is 224 g/mol. The average Bonchev–Trinajstić information content (AvgIpc) is 2.14. The summed E-state index contributed by atoms with van der Waals surface area (Å²) in [6.45, 7) is 2.72. The molecule has 2 unspecified atom stereocenters. The zero-order valence-corrected chi connectivity index (χ0v) is 9.06. The highest BCUT2D eigenvalue weighted by Gasteiger charge is 2.31. The summed E-state index contributed by atoms with van der Waals surface area (Å²) in [5, 5.41) is 0. The number of hydrogen-bond acceptors (Lipinski definition) is 2. The lowest BCUT2D eigenvalue weighted by Gasteiger charge is -2.38. The van der Waals surface area contributed by atoms with E-state index < -0.39 is 12.6 Å². The van der Waals surface area contributed by atoms with Gasteiger partial charge in [0.25, 0.3) is 0 Å². The average molecular weight is 224 g/mol. The first-order valence-corrected chi connectivity index (χ1v) is 5.46. The molecule has 1 saturated heterocycles. The summed E-state index contributed by atoms with van der Waals surface area (Å²) >= 11 is 0. The molecule has 90 valence electrons. The minimum atomic E-state index is -4.06. The molecule has 0 radical (unpaired) electrons. The fourth-order valence-corrected chi connectivity index (χ4v) is 2.16. The van der Waals surface area contributed by atoms with Gasteiger partial charge in [-0.05, 0) is 26.3 Å². The smallest absolute Gasteiger partial charge is 0.327 e. The molecule has 0 aliphatic carbocycles. The largest absolute Gasteiger partial charge is 0.390 e. The second-order valence-electron chi connectivity index (χ2n) is 4.32. The molecule has 0 bridgehead atoms. The van der Waals surface area contributed by atoms with Gasteiger partial charge in [-0.15, -0.1) is 0 Å². The van der Waals surface area contributed by atoms with E-state index in [4.69, 9.17) is 5.73 Å². The summed E-state index contributed by atoms with van der Waals surface area (Å²) in [7, 11) is 0. The Bertz CT molecular complexity index is 192. The fourth-order valence-electron chi connectivity index (χ4n) is 2.16. The second kappa shape index (κ2) is 5.16. The van der Waals surface area contributed by atoms with Crippen LogP contribution in [-0.4, -0.2) is 36.2 Å². The molecule has 0 aromatic carbocycles. The van der Waals surface area contributed by atoms with Crippen LogP contribution in [0.1, 0.15) is 32.6 Å². The number of rotatable bonds is 3. The Balaban J connectivity index is 2.43. The van der Waals surface area contributed by atoms with Crippen molar-refractivity contribution in [2.45, 2.75) is 50.9 Å². The van der Waals surface area contributed by atoms with E-state index >= 15 is 0 Å². The molecule has 0 amide bonds. The topological polar surface area (TPSA) is 29.3 Å². The van der Waals surface area contributed by atoms with E-state index in [2.05, 4.69) is 0 Å². The molecule has 2 atom stereocenters. The zero-order valence-electron chi connectivity index (χ0n) is 9.06. The molecule has 1 rings (SSSR count). The van der Waals surface area contributed by atoms with Crippen molar-refractivity contribution in [3.63, 3.8) is 0 Å². The lowest BCUT2D eigenvalue weighted by Crippen LogP contribution is -2.49. The number of likely N-dealkylation sites (tertiary alicyclic amines) is 1. The first kappa shape index (κ1) is 12.8. The normalized spacial score (nSPS) is 26.6. The van der Waals surface area contributed by atoms with Crippen molar-refractivity contribution in [1.82, 2.24) is 4.90 Å². The van der Waals surface area contributed by atoms with Crippen LogP contribution in [0, 0.1) is 0 Å². The Labute approximate surface area is 88.6 Å². The van der Waals surface area contributed by atoms with E-state index in [0.29, 0.717) is 0 Å². The van der Waals surface area contributed by atoms with Crippen molar-refractivity contribution in [1.29, 1.82) is 0 Å². The van der Waals surface area contributed by atoms with Crippen LogP contribution in [0.4, 0.5) is 13.2 Å². The molecule has 5 heteroatoms. The molecule has 0 saturated carbocycles. The highest BCUT2D eigenvalue weighted by atomic mass is 19.4. The van der Waals surface area contributed by atoms with Gasteiger partial charge in [0, 0.05) is 18.6 Å². The van der Waals surface area contributed by atoms with Crippen LogP contribution in [0.15, 0.2) is 0 Å². The summed E-state index contributed by atoms with van der Waals surface area (Å²) in [6, 6.07) is 0.0830. The summed E-state index contributed by atoms with van der Waals surface area (Å²) in [6.07, 6.45) is -1.79. The number of hydrogen-bond donors (Lipinski definition) is 1. The second-order valence-corrected chi connectivity index (χ2v) is 4.32. The van der Waals surface area contributed by atoms with Crippen LogP contribution in [0.3, 0.4) is 0 Å². The van der Waals surface area contributed by atoms with Crippen LogP contribution >= 0.6 is 0 Å². The molecule has 2 nitrogen and oxygen atoms in total. The Hall–Kier alpha value is -0.290. The number of piperidine rings is 1. The summed E-state index contributed by atoms with van der Waals surface area (Å²) in [5.74, 6) is 0. The molecule has 0 spiro atoms. The van der Waals surface area contributed by atoms with Crippen LogP contribution in [0.5, 0.6) is 0 Å². The standard InChI is InChI=1S/C10H19F3N2/c1-8(14)9-4-2-3-6-15(9)7-5-10(11,12)13/h8-9H,2-7,14H2,1H3. The molecule has 15 heavy (non-hydrogen) atoms. The fraction of sp³-hybridized carbons (Fsp3) is 1.00. The van der Waals surface area contributed by atoms with Gasteiger partial charge in [0.15, 0.2) is 0 Å². The van der Waals surface area contributed by atoms with Gasteiger partial charge in [0.05, 0.1) is 6.42 Å². The Morgan fingerprint density at radius 2 is 2.07 bits per heavy atom. The van der Waals surface area contributed by atoms with Gasteiger partial charge in [-0.3, -0.25) is 4.90 Å². The molecule has 1 heterocycles. The maximum atomic E-state index is 12.1. The Morgan fingerprint density at radius 3 is 2.60 bits per heavy atom. The van der Waals surface area contributed by atoms with E-state index in [1.165, 1.54) is 0 Å². The van der Waals surface area contributed by atoms with Crippen LogP contribution < -0.4 is 5.73 Å². The highest BCUT2D eigenvalue weighted by molar-refractivity contribution is 4.83. The van der Waals surface area contributed by atoms with Crippen LogP contribution in [0.25, 0.3) is 0 Å². The molecule has 2 N–H and O–H groups in total. The third kappa shape index (κ3) is 4.38. The van der Waals surface area contributed by atoms with Crippen molar-refractivity contribution in [2.24, 2.45) is 5.73 Å². The lowest BCUT2D eigenvalue weighted by atomic mass is 9.97. The summed E-state index contributed by atoms with van der Waals surface area (Å²) in [4.78, 5) is 1.89. The molecule has 1 fully saturated rings. The van der Waals surface area contributed by atoms with Crippen LogP contribution in [0.2, 0.25) is 0 Å². The molecular formula is C10H19F3N2. The first-order valence-electron chi connectivity index (χ1n) is 5.46. The van der Waals surface area contributed by atoms with Crippen LogP contribution in [-0.2, 0) is 0 Å². The molecule has 1 aliphatic rings. The van der Waals surface area contributed by atoms with Gasteiger partial charge < -0.3 is 5.73 Å². The van der Waals surface area contributed by atoms with Crippen molar-refractivity contribution < 1.29 is 13.2 Å². The van der Waals surface area contributed by atoms with Crippen molar-refractivity contribution in [2.75, 3.05) is 13.1 Å². The molecular weight excluding hydrogens is 205 g/mol. The third-order valence-electron chi connectivity index (χ3n) is 2.95. The molecule has 1 aliphatic heterocycles. The number of alkyl halides is 3. The van der Waals surface area contributed by atoms with Gasteiger partial charge >= 0.3 is 6.18 Å². The van der Waals surface area contributed by atoms with Crippen molar-refractivity contribution >= 4 is 0 Å². The predicted octanol–water partition coefficient (Wildman–Crippen LogP) is 2.14. The predicted molar refractivity (Wildman–Crippen MR) is 53.5 cm³/mol. The molecule has 0 aromatic rings. The maximum Gasteiger partial charge on any atom is 0.390 e. The van der Waals surface area contributed by atoms with Gasteiger partial charge in [-0.2, -0.15) is 13.2 Å². The van der Waals surface area contributed by atoms with E-state index in [9.17, 15) is 13.2 Å². The lowest BCUT2D eigenvalue weighted by molar-refractivity contribution is -0.140. The van der Waals surface area contributed by atoms with Gasteiger partial charge in [-0.1, -0.05) is 6.42 Å². The zero-order chi connectivity index (χ0) is 11.5. The van der Waals surface area contributed by atoms with Gasteiger partial charge in [-0.25, -0.2) is 0 Å². The molecule has 0 aromatic heterocycles. The van der Waals surface area contributed by atoms with Crippen molar-refractivity contribution in [3.8, 4) is 0 Å². The SMILES string of the molecule is CC(N)C1CCCCN1CCC(F)(F)F. The van der Waals surface area contributed by atoms with E-state index in [1.54, 1.807) is 0 Å².